The molecule has 0 spiro atoms. The van der Waals surface area contributed by atoms with Crippen molar-refractivity contribution in [2.24, 2.45) is 0 Å². The molecule has 0 rings (SSSR count). The number of hydrogen-bond donors (Lipinski definition) is 1. The molecular weight excluding hydrogens is 203 g/mol. The zero-order valence-corrected chi connectivity index (χ0v) is 6.73. The van der Waals surface area contributed by atoms with Gasteiger partial charge in [0.15, 0.2) is 0 Å². The van der Waals surface area contributed by atoms with E-state index in [4.69, 9.17) is 4.55 Å². The van der Waals surface area contributed by atoms with Crippen molar-refractivity contribution in [1.82, 2.24) is 0 Å². The van der Waals surface area contributed by atoms with Crippen LogP contribution in [0.15, 0.2) is 0 Å². The maximum Gasteiger partial charge on any atom is 0.299 e. The van der Waals surface area contributed by atoms with Gasteiger partial charge in [0, 0.05) is 0 Å². The third-order valence-corrected chi connectivity index (χ3v) is 2.56. The number of halogens is 1. The molecule has 0 fully saturated rings. The fourth-order valence-electron chi connectivity index (χ4n) is 0.239. The molecule has 0 aromatic carbocycles. The molecule has 9 heteroatoms. The maximum absolute atomic E-state index is 11.0. The molecule has 0 aromatic heterocycles. The van der Waals surface area contributed by atoms with Crippen LogP contribution in [0.5, 0.6) is 0 Å². The normalized spacial score (nSPS) is 13.3. The first-order valence-corrected chi connectivity index (χ1v) is 5.43. The summed E-state index contributed by atoms with van der Waals surface area (Å²) in [6.07, 6.45) is 0. The second-order valence-electron chi connectivity index (χ2n) is 1.61. The van der Waals surface area contributed by atoms with Crippen LogP contribution in [0.1, 0.15) is 0 Å². The summed E-state index contributed by atoms with van der Waals surface area (Å²) in [5, 5.41) is 0. The average molecular weight is 208 g/mol. The molecule has 0 aliphatic carbocycles. The van der Waals surface area contributed by atoms with Crippen molar-refractivity contribution >= 4 is 20.2 Å². The molecule has 0 heterocycles. The summed E-state index contributed by atoms with van der Waals surface area (Å²) < 4.78 is 61.4. The van der Waals surface area contributed by atoms with Crippen molar-refractivity contribution in [3.8, 4) is 0 Å². The first kappa shape index (κ1) is 10.8. The Hall–Kier alpha value is -0.250. The van der Waals surface area contributed by atoms with E-state index in [2.05, 4.69) is 4.39 Å². The number of hydrogen-bond acceptors (Lipinski definition) is 5. The SMILES string of the molecule is O=S(=O)(O)CCS(=O)(=O)OF. The Morgan fingerprint density at radius 1 is 1.18 bits per heavy atom. The van der Waals surface area contributed by atoms with Crippen molar-refractivity contribution in [3.63, 3.8) is 0 Å². The minimum absolute atomic E-state index is 1.08. The maximum atomic E-state index is 11.0. The van der Waals surface area contributed by atoms with Gasteiger partial charge in [0.1, 0.15) is 0 Å². The topological polar surface area (TPSA) is 97.7 Å². The van der Waals surface area contributed by atoms with Gasteiger partial charge < -0.3 is 0 Å². The molecule has 0 saturated heterocycles. The first-order valence-electron chi connectivity index (χ1n) is 2.25. The van der Waals surface area contributed by atoms with Crippen LogP contribution in [0.25, 0.3) is 0 Å². The van der Waals surface area contributed by atoms with Gasteiger partial charge >= 0.3 is 0 Å². The van der Waals surface area contributed by atoms with E-state index in [1.54, 1.807) is 0 Å². The number of rotatable bonds is 4. The summed E-state index contributed by atoms with van der Waals surface area (Å²) in [5.41, 5.74) is 0. The van der Waals surface area contributed by atoms with Crippen molar-refractivity contribution in [2.75, 3.05) is 11.5 Å². The molecule has 6 nitrogen and oxygen atoms in total. The van der Waals surface area contributed by atoms with Gasteiger partial charge in [-0.1, -0.05) is 4.39 Å². The van der Waals surface area contributed by atoms with Crippen LogP contribution >= 0.6 is 0 Å². The molecule has 0 aliphatic rings. The van der Waals surface area contributed by atoms with Crippen molar-refractivity contribution in [1.29, 1.82) is 0 Å². The van der Waals surface area contributed by atoms with E-state index in [0.29, 0.717) is 0 Å². The van der Waals surface area contributed by atoms with E-state index in [-0.39, 0.29) is 0 Å². The molecule has 0 amide bonds. The largest absolute Gasteiger partial charge is 0.299 e. The highest BCUT2D eigenvalue weighted by Gasteiger charge is 2.16. The Labute approximate surface area is 62.7 Å². The van der Waals surface area contributed by atoms with Crippen molar-refractivity contribution in [3.05, 3.63) is 0 Å². The fraction of sp³-hybridized carbons (Fsp3) is 1.00. The van der Waals surface area contributed by atoms with E-state index in [9.17, 15) is 21.4 Å². The lowest BCUT2D eigenvalue weighted by atomic mass is 11.0. The predicted molar refractivity (Wildman–Crippen MR) is 32.4 cm³/mol. The van der Waals surface area contributed by atoms with E-state index >= 15 is 0 Å². The van der Waals surface area contributed by atoms with Gasteiger partial charge in [0.2, 0.25) is 0 Å². The molecular formula is C2H5FO6S2. The van der Waals surface area contributed by atoms with Crippen molar-refractivity contribution < 1.29 is 30.3 Å². The predicted octanol–water partition coefficient (Wildman–Crippen LogP) is -0.895. The van der Waals surface area contributed by atoms with Crippen LogP contribution in [0.2, 0.25) is 0 Å². The van der Waals surface area contributed by atoms with Crippen LogP contribution < -0.4 is 0 Å². The molecule has 11 heavy (non-hydrogen) atoms. The van der Waals surface area contributed by atoms with Crippen LogP contribution in [-0.4, -0.2) is 32.9 Å². The van der Waals surface area contributed by atoms with Crippen molar-refractivity contribution in [2.45, 2.75) is 0 Å². The Morgan fingerprint density at radius 2 is 1.64 bits per heavy atom. The van der Waals surface area contributed by atoms with Crippen LogP contribution in [0.3, 0.4) is 0 Å². The molecule has 0 atom stereocenters. The van der Waals surface area contributed by atoms with Crippen LogP contribution in [-0.2, 0) is 24.6 Å². The minimum Gasteiger partial charge on any atom is -0.286 e. The summed E-state index contributed by atoms with van der Waals surface area (Å²) in [7, 11) is -8.85. The Balaban J connectivity index is 4.13. The lowest BCUT2D eigenvalue weighted by Gasteiger charge is -1.94. The van der Waals surface area contributed by atoms with E-state index in [1.807, 2.05) is 0 Å². The molecule has 0 aromatic rings. The fourth-order valence-corrected chi connectivity index (χ4v) is 1.96. The molecule has 0 bridgehead atoms. The summed E-state index contributed by atoms with van der Waals surface area (Å²) in [4.78, 5) is 0. The van der Waals surface area contributed by atoms with E-state index in [0.717, 1.165) is 0 Å². The van der Waals surface area contributed by atoms with E-state index < -0.39 is 31.7 Å². The summed E-state index contributed by atoms with van der Waals surface area (Å²) in [6, 6.07) is 0. The second-order valence-corrected chi connectivity index (χ2v) is 4.83. The highest BCUT2D eigenvalue weighted by Crippen LogP contribution is 1.95. The Bertz CT molecular complexity index is 299. The lowest BCUT2D eigenvalue weighted by Crippen LogP contribution is -2.16. The van der Waals surface area contributed by atoms with Gasteiger partial charge in [-0.15, -0.1) is 0 Å². The minimum atomic E-state index is -4.46. The standard InChI is InChI=1S/C2H5FO6S2/c3-9-11(7,8)2-1-10(4,5)6/h1-2H2,(H,4,5,6). The van der Waals surface area contributed by atoms with Crippen LogP contribution in [0, 0.1) is 0 Å². The van der Waals surface area contributed by atoms with Gasteiger partial charge in [-0.3, -0.25) is 4.55 Å². The lowest BCUT2D eigenvalue weighted by molar-refractivity contribution is 0.00321. The third kappa shape index (κ3) is 6.16. The quantitative estimate of drug-likeness (QED) is 0.601. The van der Waals surface area contributed by atoms with E-state index in [1.165, 1.54) is 0 Å². The second kappa shape index (κ2) is 3.43. The zero-order valence-electron chi connectivity index (χ0n) is 5.10. The molecule has 0 aliphatic heterocycles. The Kier molecular flexibility index (Phi) is 3.35. The van der Waals surface area contributed by atoms with Gasteiger partial charge in [-0.25, -0.2) is 0 Å². The molecule has 1 N–H and O–H groups in total. The highest BCUT2D eigenvalue weighted by molar-refractivity contribution is 7.90. The highest BCUT2D eigenvalue weighted by atomic mass is 32.2. The van der Waals surface area contributed by atoms with Gasteiger partial charge in [0.25, 0.3) is 20.2 Å². The average Bonchev–Trinajstić information content (AvgIpc) is 1.83. The zero-order chi connectivity index (χ0) is 9.12. The van der Waals surface area contributed by atoms with Gasteiger partial charge in [0.05, 0.1) is 11.5 Å². The molecule has 0 saturated carbocycles. The third-order valence-electron chi connectivity index (χ3n) is 0.687. The summed E-state index contributed by atoms with van der Waals surface area (Å²) in [5.74, 6) is -2.19. The van der Waals surface area contributed by atoms with Gasteiger partial charge in [-0.05, 0) is 4.53 Å². The summed E-state index contributed by atoms with van der Waals surface area (Å²) in [6.45, 7) is 0. The monoisotopic (exact) mass is 208 g/mol. The summed E-state index contributed by atoms with van der Waals surface area (Å²) >= 11 is 0. The molecule has 0 unspecified atom stereocenters. The Morgan fingerprint density at radius 3 is 1.91 bits per heavy atom. The first-order chi connectivity index (χ1) is 4.77. The van der Waals surface area contributed by atoms with Gasteiger partial charge in [-0.2, -0.15) is 16.8 Å². The molecule has 68 valence electrons. The molecule has 0 radical (unpaired) electrons. The smallest absolute Gasteiger partial charge is 0.286 e. The van der Waals surface area contributed by atoms with Crippen LogP contribution in [0.4, 0.5) is 4.53 Å².